The van der Waals surface area contributed by atoms with Crippen LogP contribution in [0.25, 0.3) is 0 Å². The van der Waals surface area contributed by atoms with Gasteiger partial charge in [0.2, 0.25) is 0 Å². The summed E-state index contributed by atoms with van der Waals surface area (Å²) in [4.78, 5) is 8.51. The van der Waals surface area contributed by atoms with Crippen molar-refractivity contribution in [2.24, 2.45) is 0 Å². The minimum atomic E-state index is -1.42. The molecule has 0 unspecified atom stereocenters. The van der Waals surface area contributed by atoms with Gasteiger partial charge in [-0.2, -0.15) is 0 Å². The Bertz CT molecular complexity index is 100. The number of hydrogen-bond acceptors (Lipinski definition) is 2. The molecule has 0 saturated carbocycles. The summed E-state index contributed by atoms with van der Waals surface area (Å²) in [5.41, 5.74) is 0. The van der Waals surface area contributed by atoms with Crippen molar-refractivity contribution in [2.45, 2.75) is 11.8 Å². The Morgan fingerprint density at radius 2 is 2.25 bits per heavy atom. The van der Waals surface area contributed by atoms with Crippen molar-refractivity contribution in [3.05, 3.63) is 0 Å². The monoisotopic (exact) mass is 155 g/mol. The highest BCUT2D eigenvalue weighted by atomic mass is 35.5. The molecule has 0 N–H and O–H groups in total. The van der Waals surface area contributed by atoms with E-state index in [1.807, 2.05) is 0 Å². The van der Waals surface area contributed by atoms with Crippen LogP contribution in [0.5, 0.6) is 0 Å². The summed E-state index contributed by atoms with van der Waals surface area (Å²) in [6, 6.07) is 0. The fourth-order valence-electron chi connectivity index (χ4n) is 0.0546. The number of hydrogen-bond donors (Lipinski definition) is 0. The maximum absolute atomic E-state index is 9.92. The van der Waals surface area contributed by atoms with Gasteiger partial charge in [0.05, 0.1) is 10.8 Å². The maximum atomic E-state index is 9.92. The molecule has 0 aliphatic carbocycles. The van der Waals surface area contributed by atoms with Crippen molar-refractivity contribution in [1.29, 1.82) is 0 Å². The quantitative estimate of drug-likeness (QED) is 0.526. The van der Waals surface area contributed by atoms with Crippen molar-refractivity contribution >= 4 is 29.2 Å². The molecule has 0 bridgehead atoms. The molecule has 0 radical (unpaired) electrons. The van der Waals surface area contributed by atoms with Crippen LogP contribution in [0.15, 0.2) is 0 Å². The van der Waals surface area contributed by atoms with Gasteiger partial charge >= 0.3 is 0 Å². The lowest BCUT2D eigenvalue weighted by molar-refractivity contribution is -0.308. The first-order valence-electron chi connectivity index (χ1n) is 1.97. The lowest BCUT2D eigenvalue weighted by Gasteiger charge is -2.18. The molecule has 0 aromatic rings. The molecule has 0 aliphatic rings. The second kappa shape index (κ2) is 2.55. The van der Waals surface area contributed by atoms with E-state index in [1.54, 1.807) is 0 Å². The van der Waals surface area contributed by atoms with Crippen molar-refractivity contribution in [2.75, 3.05) is 5.88 Å². The highest BCUT2D eigenvalue weighted by Crippen LogP contribution is 2.13. The Kier molecular flexibility index (Phi) is 2.57. The van der Waals surface area contributed by atoms with Gasteiger partial charge < -0.3 is 9.90 Å². The average Bonchev–Trinajstić information content (AvgIpc) is 1.67. The van der Waals surface area contributed by atoms with E-state index in [0.717, 1.165) is 0 Å². The second-order valence-electron chi connectivity index (χ2n) is 1.62. The third-order valence-corrected chi connectivity index (χ3v) is 1.64. The van der Waals surface area contributed by atoms with Gasteiger partial charge in [0.25, 0.3) is 0 Å². The Balaban J connectivity index is 3.91. The summed E-state index contributed by atoms with van der Waals surface area (Å²) in [6.45, 7) is 1.29. The number of carbonyl (C=O) groups excluding carboxylic acids is 1. The molecule has 0 aromatic carbocycles. The van der Waals surface area contributed by atoms with Crippen molar-refractivity contribution < 1.29 is 9.90 Å². The van der Waals surface area contributed by atoms with Gasteiger partial charge in [-0.25, -0.2) is 0 Å². The number of aliphatic carboxylic acids is 1. The molecule has 8 heavy (non-hydrogen) atoms. The molecule has 48 valence electrons. The largest absolute Gasteiger partial charge is 0.548 e. The van der Waals surface area contributed by atoms with E-state index in [1.165, 1.54) is 6.92 Å². The molecule has 1 atom stereocenters. The van der Waals surface area contributed by atoms with Gasteiger partial charge in [-0.15, -0.1) is 23.2 Å². The van der Waals surface area contributed by atoms with Crippen molar-refractivity contribution in [3.8, 4) is 0 Å². The van der Waals surface area contributed by atoms with Crippen LogP contribution in [0.1, 0.15) is 6.92 Å². The molecular weight excluding hydrogens is 151 g/mol. The normalized spacial score (nSPS) is 17.4. The van der Waals surface area contributed by atoms with E-state index < -0.39 is 10.8 Å². The molecule has 0 heterocycles. The highest BCUT2D eigenvalue weighted by molar-refractivity contribution is 6.38. The third kappa shape index (κ3) is 1.88. The van der Waals surface area contributed by atoms with Gasteiger partial charge in [-0.05, 0) is 6.92 Å². The topological polar surface area (TPSA) is 40.1 Å². The SMILES string of the molecule is C[C@](Cl)(CCl)C(=O)[O-]. The first kappa shape index (κ1) is 8.05. The molecule has 0 spiro atoms. The zero-order valence-electron chi connectivity index (χ0n) is 4.28. The van der Waals surface area contributed by atoms with Crippen LogP contribution in [-0.2, 0) is 4.79 Å². The average molecular weight is 156 g/mol. The fraction of sp³-hybridized carbons (Fsp3) is 0.750. The van der Waals surface area contributed by atoms with Gasteiger partial charge in [0.1, 0.15) is 0 Å². The minimum absolute atomic E-state index is 0.142. The fourth-order valence-corrected chi connectivity index (χ4v) is 0.164. The molecule has 0 saturated heterocycles. The lowest BCUT2D eigenvalue weighted by Crippen LogP contribution is -2.42. The summed E-state index contributed by atoms with van der Waals surface area (Å²) < 4.78 is 0. The Morgan fingerprint density at radius 3 is 2.25 bits per heavy atom. The summed E-state index contributed by atoms with van der Waals surface area (Å²) in [5, 5.41) is 9.92. The maximum Gasteiger partial charge on any atom is 0.0945 e. The van der Waals surface area contributed by atoms with E-state index in [9.17, 15) is 9.90 Å². The van der Waals surface area contributed by atoms with E-state index >= 15 is 0 Å². The van der Waals surface area contributed by atoms with Crippen molar-refractivity contribution in [1.82, 2.24) is 0 Å². The van der Waals surface area contributed by atoms with Crippen LogP contribution in [0.2, 0.25) is 0 Å². The molecule has 0 amide bonds. The predicted molar refractivity (Wildman–Crippen MR) is 30.0 cm³/mol. The Labute approximate surface area is 57.4 Å². The molecule has 4 heteroatoms. The number of carboxylic acids is 1. The third-order valence-electron chi connectivity index (χ3n) is 0.677. The van der Waals surface area contributed by atoms with Crippen LogP contribution in [0.4, 0.5) is 0 Å². The van der Waals surface area contributed by atoms with Crippen LogP contribution >= 0.6 is 23.2 Å². The van der Waals surface area contributed by atoms with E-state index in [0.29, 0.717) is 0 Å². The van der Waals surface area contributed by atoms with Gasteiger partial charge in [-0.3, -0.25) is 0 Å². The van der Waals surface area contributed by atoms with Gasteiger partial charge in [0.15, 0.2) is 0 Å². The Morgan fingerprint density at radius 1 is 1.88 bits per heavy atom. The van der Waals surface area contributed by atoms with Crippen LogP contribution in [0, 0.1) is 0 Å². The lowest BCUT2D eigenvalue weighted by atomic mass is 10.2. The van der Waals surface area contributed by atoms with Crippen LogP contribution < -0.4 is 5.11 Å². The molecule has 2 nitrogen and oxygen atoms in total. The minimum Gasteiger partial charge on any atom is -0.548 e. The van der Waals surface area contributed by atoms with E-state index in [4.69, 9.17) is 23.2 Å². The van der Waals surface area contributed by atoms with Gasteiger partial charge in [0, 0.05) is 5.88 Å². The summed E-state index contributed by atoms with van der Waals surface area (Å²) in [7, 11) is 0. The van der Waals surface area contributed by atoms with Crippen LogP contribution in [0.3, 0.4) is 0 Å². The molecule has 0 rings (SSSR count). The first-order chi connectivity index (χ1) is 3.50. The number of rotatable bonds is 2. The zero-order chi connectivity index (χ0) is 6.78. The smallest absolute Gasteiger partial charge is 0.0945 e. The molecular formula is C4H5Cl2O2-. The highest BCUT2D eigenvalue weighted by Gasteiger charge is 2.20. The number of alkyl halides is 2. The van der Waals surface area contributed by atoms with E-state index in [2.05, 4.69) is 0 Å². The summed E-state index contributed by atoms with van der Waals surface area (Å²) in [6.07, 6.45) is 0. The number of halogens is 2. The van der Waals surface area contributed by atoms with Crippen LogP contribution in [-0.4, -0.2) is 16.7 Å². The summed E-state index contributed by atoms with van der Waals surface area (Å²) >= 11 is 10.4. The Hall–Kier alpha value is 0.0500. The standard InChI is InChI=1S/C4H6Cl2O2/c1-4(6,2-5)3(7)8/h2H2,1H3,(H,7,8)/p-1/t4-/m0/s1. The molecule has 0 aromatic heterocycles. The molecule has 0 fully saturated rings. The van der Waals surface area contributed by atoms with E-state index in [-0.39, 0.29) is 5.88 Å². The number of carbonyl (C=O) groups is 1. The number of carboxylic acid groups (broad SMARTS) is 1. The molecule has 0 aliphatic heterocycles. The second-order valence-corrected chi connectivity index (χ2v) is 2.72. The predicted octanol–water partition coefficient (Wildman–Crippen LogP) is -0.0274. The zero-order valence-corrected chi connectivity index (χ0v) is 5.79. The summed E-state index contributed by atoms with van der Waals surface area (Å²) in [5.74, 6) is -1.48. The first-order valence-corrected chi connectivity index (χ1v) is 2.88. The van der Waals surface area contributed by atoms with Gasteiger partial charge in [-0.1, -0.05) is 0 Å². The van der Waals surface area contributed by atoms with Crippen molar-refractivity contribution in [3.63, 3.8) is 0 Å².